The number of benzene rings is 1. The molecule has 0 saturated carbocycles. The van der Waals surface area contributed by atoms with Crippen LogP contribution in [0.25, 0.3) is 0 Å². The Kier molecular flexibility index (Phi) is 3.85. The van der Waals surface area contributed by atoms with E-state index < -0.39 is 12.2 Å². The molecule has 0 fully saturated rings. The first-order chi connectivity index (χ1) is 10.9. The molecular formula is C15H15F3N4O. The molecule has 0 saturated heterocycles. The highest BCUT2D eigenvalue weighted by Gasteiger charge is 2.43. The molecule has 1 amide bonds. The fraction of sp³-hybridized carbons (Fsp3) is 0.333. The normalized spacial score (nSPS) is 15.3. The Morgan fingerprint density at radius 2 is 2.09 bits per heavy atom. The number of carbonyl (C=O) groups excluding carboxylic acids is 1. The number of rotatable bonds is 2. The Morgan fingerprint density at radius 1 is 1.30 bits per heavy atom. The van der Waals surface area contributed by atoms with Gasteiger partial charge in [0.15, 0.2) is 0 Å². The second-order valence-corrected chi connectivity index (χ2v) is 5.52. The lowest BCUT2D eigenvalue weighted by molar-refractivity contribution is -0.122. The van der Waals surface area contributed by atoms with Crippen molar-refractivity contribution >= 4 is 11.6 Å². The standard InChI is InChI=1S/C15H15F3N4O/c1-21-7-5-10-2-3-12(8-11(10)9-21)22(15(16,17)18)14(23)13-4-6-19-20-13/h2-4,6,8H,5,7,9H2,1H3,(H,19,20). The smallest absolute Gasteiger partial charge is 0.302 e. The Morgan fingerprint density at radius 3 is 2.74 bits per heavy atom. The first kappa shape index (κ1) is 15.5. The molecule has 2 aromatic rings. The topological polar surface area (TPSA) is 52.2 Å². The molecule has 5 nitrogen and oxygen atoms in total. The monoisotopic (exact) mass is 324 g/mol. The van der Waals surface area contributed by atoms with Crippen LogP contribution in [0.15, 0.2) is 30.5 Å². The first-order valence-corrected chi connectivity index (χ1v) is 7.07. The third kappa shape index (κ3) is 3.07. The number of aromatic nitrogens is 2. The maximum atomic E-state index is 13.4. The number of amides is 1. The van der Waals surface area contributed by atoms with Gasteiger partial charge in [0.05, 0.1) is 5.69 Å². The Balaban J connectivity index is 2.01. The molecule has 1 N–H and O–H groups in total. The van der Waals surface area contributed by atoms with E-state index in [1.54, 1.807) is 6.07 Å². The van der Waals surface area contributed by atoms with Gasteiger partial charge in [0.2, 0.25) is 0 Å². The number of fused-ring (bicyclic) bond motifs is 1. The predicted octanol–water partition coefficient (Wildman–Crippen LogP) is 2.56. The summed E-state index contributed by atoms with van der Waals surface area (Å²) in [5, 5.41) is 5.81. The predicted molar refractivity (Wildman–Crippen MR) is 77.9 cm³/mol. The first-order valence-electron chi connectivity index (χ1n) is 7.07. The summed E-state index contributed by atoms with van der Waals surface area (Å²) >= 11 is 0. The van der Waals surface area contributed by atoms with Crippen molar-refractivity contribution in [3.05, 3.63) is 47.3 Å². The summed E-state index contributed by atoms with van der Waals surface area (Å²) in [6.07, 6.45) is -2.80. The average molecular weight is 324 g/mol. The molecule has 0 bridgehead atoms. The van der Waals surface area contributed by atoms with Crippen molar-refractivity contribution in [2.24, 2.45) is 0 Å². The number of halogens is 3. The number of aromatic amines is 1. The molecule has 3 rings (SSSR count). The number of hydrogen-bond donors (Lipinski definition) is 1. The van der Waals surface area contributed by atoms with E-state index in [1.165, 1.54) is 24.4 Å². The third-order valence-electron chi connectivity index (χ3n) is 3.84. The van der Waals surface area contributed by atoms with E-state index in [-0.39, 0.29) is 16.3 Å². The molecule has 1 aromatic carbocycles. The summed E-state index contributed by atoms with van der Waals surface area (Å²) in [4.78, 5) is 14.1. The van der Waals surface area contributed by atoms with Gasteiger partial charge in [0, 0.05) is 19.3 Å². The summed E-state index contributed by atoms with van der Waals surface area (Å²) in [6, 6.07) is 5.66. The maximum Gasteiger partial charge on any atom is 0.491 e. The largest absolute Gasteiger partial charge is 0.491 e. The fourth-order valence-electron chi connectivity index (χ4n) is 2.70. The highest BCUT2D eigenvalue weighted by atomic mass is 19.4. The minimum absolute atomic E-state index is 0.157. The van der Waals surface area contributed by atoms with Crippen molar-refractivity contribution in [2.75, 3.05) is 18.5 Å². The van der Waals surface area contributed by atoms with Crippen LogP contribution in [0, 0.1) is 0 Å². The van der Waals surface area contributed by atoms with Crippen molar-refractivity contribution in [3.8, 4) is 0 Å². The fourth-order valence-corrected chi connectivity index (χ4v) is 2.70. The lowest BCUT2D eigenvalue weighted by atomic mass is 9.99. The van der Waals surface area contributed by atoms with Crippen LogP contribution in [0.3, 0.4) is 0 Å². The molecule has 0 atom stereocenters. The summed E-state index contributed by atoms with van der Waals surface area (Å²) in [7, 11) is 1.91. The summed E-state index contributed by atoms with van der Waals surface area (Å²) in [5.74, 6) is -1.18. The molecule has 2 heterocycles. The van der Waals surface area contributed by atoms with Gasteiger partial charge in [-0.15, -0.1) is 13.2 Å². The molecule has 8 heteroatoms. The lowest BCUT2D eigenvalue weighted by Crippen LogP contribution is -2.43. The molecule has 1 aliphatic rings. The highest BCUT2D eigenvalue weighted by Crippen LogP contribution is 2.32. The highest BCUT2D eigenvalue weighted by molar-refractivity contribution is 6.05. The minimum Gasteiger partial charge on any atom is -0.302 e. The molecule has 0 unspecified atom stereocenters. The quantitative estimate of drug-likeness (QED) is 0.864. The SMILES string of the molecule is CN1CCc2ccc(N(C(=O)c3ccn[nH]3)C(F)(F)F)cc2C1. The van der Waals surface area contributed by atoms with Gasteiger partial charge in [0.25, 0.3) is 5.91 Å². The zero-order valence-electron chi connectivity index (χ0n) is 12.4. The van der Waals surface area contributed by atoms with Crippen LogP contribution in [-0.4, -0.2) is 40.9 Å². The zero-order valence-corrected chi connectivity index (χ0v) is 12.4. The van der Waals surface area contributed by atoms with Gasteiger partial charge in [0.1, 0.15) is 5.69 Å². The van der Waals surface area contributed by atoms with Crippen LogP contribution >= 0.6 is 0 Å². The van der Waals surface area contributed by atoms with Gasteiger partial charge in [-0.2, -0.15) is 5.10 Å². The molecule has 1 aromatic heterocycles. The number of likely N-dealkylation sites (N-methyl/N-ethyl adjacent to an activating group) is 1. The van der Waals surface area contributed by atoms with Crippen molar-refractivity contribution in [2.45, 2.75) is 19.3 Å². The van der Waals surface area contributed by atoms with Crippen LogP contribution in [0.5, 0.6) is 0 Å². The van der Waals surface area contributed by atoms with E-state index in [4.69, 9.17) is 0 Å². The molecule has 0 spiro atoms. The van der Waals surface area contributed by atoms with Crippen LogP contribution in [0.1, 0.15) is 21.6 Å². The third-order valence-corrected chi connectivity index (χ3v) is 3.84. The van der Waals surface area contributed by atoms with Crippen molar-refractivity contribution in [1.82, 2.24) is 15.1 Å². The van der Waals surface area contributed by atoms with E-state index in [0.717, 1.165) is 24.1 Å². The minimum atomic E-state index is -4.82. The Hall–Kier alpha value is -2.35. The number of nitrogens with zero attached hydrogens (tertiary/aromatic N) is 3. The van der Waals surface area contributed by atoms with Crippen LogP contribution in [-0.2, 0) is 13.0 Å². The lowest BCUT2D eigenvalue weighted by Gasteiger charge is -2.28. The van der Waals surface area contributed by atoms with Crippen LogP contribution in [0.4, 0.5) is 18.9 Å². The van der Waals surface area contributed by atoms with Gasteiger partial charge >= 0.3 is 6.30 Å². The molecule has 0 aliphatic carbocycles. The van der Waals surface area contributed by atoms with Gasteiger partial charge in [-0.1, -0.05) is 6.07 Å². The summed E-state index contributed by atoms with van der Waals surface area (Å²) in [5.41, 5.74) is 1.43. The molecule has 122 valence electrons. The second kappa shape index (κ2) is 5.69. The van der Waals surface area contributed by atoms with E-state index in [1.807, 2.05) is 11.9 Å². The number of carbonyl (C=O) groups is 1. The van der Waals surface area contributed by atoms with Gasteiger partial charge in [-0.05, 0) is 42.8 Å². The number of hydrogen-bond acceptors (Lipinski definition) is 3. The van der Waals surface area contributed by atoms with Gasteiger partial charge in [-0.3, -0.25) is 9.89 Å². The van der Waals surface area contributed by atoms with Gasteiger partial charge < -0.3 is 4.90 Å². The Labute approximate surface area is 130 Å². The second-order valence-electron chi connectivity index (χ2n) is 5.52. The van der Waals surface area contributed by atoms with Crippen molar-refractivity contribution < 1.29 is 18.0 Å². The van der Waals surface area contributed by atoms with E-state index in [9.17, 15) is 18.0 Å². The maximum absolute atomic E-state index is 13.4. The Bertz CT molecular complexity index is 712. The van der Waals surface area contributed by atoms with Gasteiger partial charge in [-0.25, -0.2) is 4.90 Å². The van der Waals surface area contributed by atoms with Crippen LogP contribution < -0.4 is 4.90 Å². The van der Waals surface area contributed by atoms with E-state index in [0.29, 0.717) is 6.54 Å². The number of alkyl halides is 3. The van der Waals surface area contributed by atoms with E-state index >= 15 is 0 Å². The molecular weight excluding hydrogens is 309 g/mol. The van der Waals surface area contributed by atoms with Crippen molar-refractivity contribution in [3.63, 3.8) is 0 Å². The summed E-state index contributed by atoms with van der Waals surface area (Å²) < 4.78 is 40.3. The zero-order chi connectivity index (χ0) is 16.6. The molecule has 23 heavy (non-hydrogen) atoms. The number of H-pyrrole nitrogens is 1. The summed E-state index contributed by atoms with van der Waals surface area (Å²) in [6.45, 7) is 1.43. The molecule has 0 radical (unpaired) electrons. The van der Waals surface area contributed by atoms with Crippen LogP contribution in [0.2, 0.25) is 0 Å². The number of nitrogens with one attached hydrogen (secondary N) is 1. The average Bonchev–Trinajstić information content (AvgIpc) is 2.99. The number of anilines is 1. The molecule has 1 aliphatic heterocycles. The van der Waals surface area contributed by atoms with Crippen molar-refractivity contribution in [1.29, 1.82) is 0 Å². The van der Waals surface area contributed by atoms with E-state index in [2.05, 4.69) is 10.2 Å².